The van der Waals surface area contributed by atoms with E-state index >= 15 is 0 Å². The summed E-state index contributed by atoms with van der Waals surface area (Å²) in [5, 5.41) is 14.0. The molecule has 0 radical (unpaired) electrons. The summed E-state index contributed by atoms with van der Waals surface area (Å²) in [6.45, 7) is 12.2. The first-order valence-corrected chi connectivity index (χ1v) is 13.1. The summed E-state index contributed by atoms with van der Waals surface area (Å²) in [6, 6.07) is 11.7. The van der Waals surface area contributed by atoms with E-state index in [9.17, 15) is 19.7 Å². The summed E-state index contributed by atoms with van der Waals surface area (Å²) in [5.74, 6) is 0.463. The van der Waals surface area contributed by atoms with Gasteiger partial charge in [-0.25, -0.2) is 4.79 Å². The van der Waals surface area contributed by atoms with Crippen LogP contribution in [0.5, 0.6) is 11.5 Å². The minimum Gasteiger partial charge on any atom is -0.457 e. The van der Waals surface area contributed by atoms with Crippen molar-refractivity contribution in [2.75, 3.05) is 5.32 Å². The van der Waals surface area contributed by atoms with Crippen LogP contribution in [0, 0.1) is 15.5 Å². The Hall–Kier alpha value is -3.62. The van der Waals surface area contributed by atoms with Gasteiger partial charge in [-0.1, -0.05) is 32.9 Å². The lowest BCUT2D eigenvalue weighted by atomic mass is 9.75. The van der Waals surface area contributed by atoms with Gasteiger partial charge in [-0.05, 0) is 81.7 Å². The van der Waals surface area contributed by atoms with Crippen LogP contribution >= 0.6 is 0 Å². The molecule has 9 heteroatoms. The van der Waals surface area contributed by atoms with E-state index in [1.165, 1.54) is 12.1 Å². The number of nitro groups is 1. The van der Waals surface area contributed by atoms with E-state index in [1.54, 1.807) is 25.1 Å². The molecule has 1 saturated carbocycles. The predicted octanol–water partition coefficient (Wildman–Crippen LogP) is 7.44. The molecular formula is C29H39N3O6. The zero-order valence-corrected chi connectivity index (χ0v) is 23.2. The Bertz CT molecular complexity index is 1140. The lowest BCUT2D eigenvalue weighted by Crippen LogP contribution is -2.45. The first-order chi connectivity index (χ1) is 17.8. The molecule has 0 spiro atoms. The number of hydrogen-bond donors (Lipinski definition) is 1. The second-order valence-electron chi connectivity index (χ2n) is 11.6. The molecule has 0 atom stereocenters. The number of nitrogens with zero attached hydrogens (tertiary/aromatic N) is 2. The molecule has 0 saturated heterocycles. The molecule has 3 rings (SSSR count). The smallest absolute Gasteiger partial charge is 0.410 e. The number of hydrogen-bond acceptors (Lipinski definition) is 6. The maximum Gasteiger partial charge on any atom is 0.410 e. The summed E-state index contributed by atoms with van der Waals surface area (Å²) in [6.07, 6.45) is 3.87. The van der Waals surface area contributed by atoms with E-state index in [0.717, 1.165) is 31.2 Å². The molecule has 1 aliphatic carbocycles. The van der Waals surface area contributed by atoms with Crippen LogP contribution in [0.15, 0.2) is 42.5 Å². The van der Waals surface area contributed by atoms with E-state index in [2.05, 4.69) is 19.2 Å². The summed E-state index contributed by atoms with van der Waals surface area (Å²) < 4.78 is 11.6. The predicted molar refractivity (Wildman–Crippen MR) is 146 cm³/mol. The van der Waals surface area contributed by atoms with Crippen LogP contribution in [0.1, 0.15) is 79.2 Å². The molecule has 2 aromatic carbocycles. The lowest BCUT2D eigenvalue weighted by molar-refractivity contribution is -0.384. The van der Waals surface area contributed by atoms with E-state index in [4.69, 9.17) is 9.47 Å². The second kappa shape index (κ2) is 11.8. The number of anilines is 1. The van der Waals surface area contributed by atoms with Crippen molar-refractivity contribution in [3.63, 3.8) is 0 Å². The highest BCUT2D eigenvalue weighted by molar-refractivity contribution is 5.93. The molecule has 1 fully saturated rings. The average Bonchev–Trinajstić information content (AvgIpc) is 2.83. The van der Waals surface area contributed by atoms with Gasteiger partial charge in [0.2, 0.25) is 5.91 Å². The van der Waals surface area contributed by atoms with Gasteiger partial charge in [0.05, 0.1) is 11.0 Å². The quantitative estimate of drug-likeness (QED) is 0.283. The largest absolute Gasteiger partial charge is 0.457 e. The van der Waals surface area contributed by atoms with Gasteiger partial charge in [0.1, 0.15) is 22.8 Å². The molecule has 38 heavy (non-hydrogen) atoms. The van der Waals surface area contributed by atoms with Crippen LogP contribution in [0.3, 0.4) is 0 Å². The Morgan fingerprint density at radius 3 is 2.24 bits per heavy atom. The van der Waals surface area contributed by atoms with E-state index in [-0.39, 0.29) is 47.0 Å². The van der Waals surface area contributed by atoms with Crippen molar-refractivity contribution in [2.45, 2.75) is 91.8 Å². The van der Waals surface area contributed by atoms with Gasteiger partial charge in [-0.15, -0.1) is 0 Å². The SMILES string of the molecule is CCC(=O)Nc1ccc(Oc2ccc(CN(C(=O)OC(C)(C)C)C3CCC(C)(C)CC3)cc2)cc1[N+](=O)[O-]. The molecular weight excluding hydrogens is 486 g/mol. The fourth-order valence-corrected chi connectivity index (χ4v) is 4.42. The van der Waals surface area contributed by atoms with Crippen molar-refractivity contribution >= 4 is 23.4 Å². The van der Waals surface area contributed by atoms with Gasteiger partial charge in [-0.2, -0.15) is 0 Å². The van der Waals surface area contributed by atoms with Gasteiger partial charge in [-0.3, -0.25) is 14.9 Å². The van der Waals surface area contributed by atoms with E-state index in [1.807, 2.05) is 37.8 Å². The Morgan fingerprint density at radius 1 is 1.08 bits per heavy atom. The summed E-state index contributed by atoms with van der Waals surface area (Å²) in [4.78, 5) is 37.6. The Labute approximate surface area is 224 Å². The molecule has 0 aliphatic heterocycles. The molecule has 0 bridgehead atoms. The minimum atomic E-state index is -0.585. The molecule has 1 aliphatic rings. The third-order valence-corrected chi connectivity index (χ3v) is 6.65. The Kier molecular flexibility index (Phi) is 9.01. The van der Waals surface area contributed by atoms with Gasteiger partial charge < -0.3 is 19.7 Å². The topological polar surface area (TPSA) is 111 Å². The van der Waals surface area contributed by atoms with E-state index in [0.29, 0.717) is 12.3 Å². The van der Waals surface area contributed by atoms with Crippen LogP contribution < -0.4 is 10.1 Å². The average molecular weight is 526 g/mol. The number of benzene rings is 2. The highest BCUT2D eigenvalue weighted by Crippen LogP contribution is 2.38. The van der Waals surface area contributed by atoms with Crippen LogP contribution in [0.4, 0.5) is 16.2 Å². The normalized spacial score (nSPS) is 15.4. The molecule has 2 amide bonds. The number of carbonyl (C=O) groups excluding carboxylic acids is 2. The first-order valence-electron chi connectivity index (χ1n) is 13.1. The van der Waals surface area contributed by atoms with Crippen LogP contribution in [-0.2, 0) is 16.1 Å². The van der Waals surface area contributed by atoms with Crippen molar-refractivity contribution in [3.8, 4) is 11.5 Å². The fraction of sp³-hybridized carbons (Fsp3) is 0.517. The number of carbonyl (C=O) groups is 2. The monoisotopic (exact) mass is 525 g/mol. The fourth-order valence-electron chi connectivity index (χ4n) is 4.42. The zero-order valence-electron chi connectivity index (χ0n) is 23.2. The van der Waals surface area contributed by atoms with Crippen molar-refractivity contribution in [1.29, 1.82) is 0 Å². The van der Waals surface area contributed by atoms with Gasteiger partial charge in [0.25, 0.3) is 5.69 Å². The molecule has 2 aromatic rings. The van der Waals surface area contributed by atoms with Crippen LogP contribution in [0.25, 0.3) is 0 Å². The third-order valence-electron chi connectivity index (χ3n) is 6.65. The molecule has 0 unspecified atom stereocenters. The highest BCUT2D eigenvalue weighted by atomic mass is 16.6. The Balaban J connectivity index is 1.74. The maximum absolute atomic E-state index is 13.1. The van der Waals surface area contributed by atoms with Gasteiger partial charge >= 0.3 is 6.09 Å². The van der Waals surface area contributed by atoms with Crippen molar-refractivity contribution in [3.05, 3.63) is 58.1 Å². The minimum absolute atomic E-state index is 0.112. The standard InChI is InChI=1S/C29H39N3O6/c1-7-26(33)30-24-13-12-23(18-25(24)32(35)36)37-22-10-8-20(9-11-22)19-31(27(34)38-28(2,3)4)21-14-16-29(5,6)17-15-21/h8-13,18,21H,7,14-17,19H2,1-6H3,(H,30,33). The number of nitro benzene ring substituents is 1. The van der Waals surface area contributed by atoms with E-state index < -0.39 is 10.5 Å². The number of ether oxygens (including phenoxy) is 2. The molecule has 9 nitrogen and oxygen atoms in total. The van der Waals surface area contributed by atoms with Gasteiger partial charge in [0, 0.05) is 19.0 Å². The molecule has 1 N–H and O–H groups in total. The lowest BCUT2D eigenvalue weighted by Gasteiger charge is -2.40. The van der Waals surface area contributed by atoms with Crippen molar-refractivity contribution in [1.82, 2.24) is 4.90 Å². The van der Waals surface area contributed by atoms with Crippen LogP contribution in [-0.4, -0.2) is 33.5 Å². The first kappa shape index (κ1) is 28.9. The zero-order chi connectivity index (χ0) is 28.1. The maximum atomic E-state index is 13.1. The Morgan fingerprint density at radius 2 is 1.68 bits per heavy atom. The molecule has 0 aromatic heterocycles. The van der Waals surface area contributed by atoms with Crippen LogP contribution in [0.2, 0.25) is 0 Å². The molecule has 206 valence electrons. The summed E-state index contributed by atoms with van der Waals surface area (Å²) >= 11 is 0. The number of rotatable bonds is 8. The van der Waals surface area contributed by atoms with Crippen molar-refractivity contribution in [2.24, 2.45) is 5.41 Å². The van der Waals surface area contributed by atoms with Gasteiger partial charge in [0.15, 0.2) is 0 Å². The second-order valence-corrected chi connectivity index (χ2v) is 11.6. The third kappa shape index (κ3) is 8.19. The summed E-state index contributed by atoms with van der Waals surface area (Å²) in [5.41, 5.74) is 0.502. The highest BCUT2D eigenvalue weighted by Gasteiger charge is 2.34. The number of nitrogens with one attached hydrogen (secondary N) is 1. The number of amides is 2. The summed E-state index contributed by atoms with van der Waals surface area (Å²) in [7, 11) is 0. The molecule has 0 heterocycles. The van der Waals surface area contributed by atoms with Crippen molar-refractivity contribution < 1.29 is 24.0 Å².